The van der Waals surface area contributed by atoms with E-state index in [9.17, 15) is 0 Å². The number of rotatable bonds is 6. The lowest BCUT2D eigenvalue weighted by atomic mass is 9.78. The van der Waals surface area contributed by atoms with Crippen LogP contribution in [0.3, 0.4) is 0 Å². The van der Waals surface area contributed by atoms with Crippen LogP contribution in [0.15, 0.2) is 0 Å². The van der Waals surface area contributed by atoms with Gasteiger partial charge < -0.3 is 10.2 Å². The molecule has 2 nitrogen and oxygen atoms in total. The Balaban J connectivity index is 1.52. The lowest BCUT2D eigenvalue weighted by molar-refractivity contribution is 0.115. The van der Waals surface area contributed by atoms with Crippen molar-refractivity contribution in [3.8, 4) is 0 Å². The third-order valence-electron chi connectivity index (χ3n) is 5.68. The molecule has 112 valence electrons. The van der Waals surface area contributed by atoms with E-state index in [1.807, 2.05) is 0 Å². The van der Waals surface area contributed by atoms with E-state index in [0.29, 0.717) is 5.41 Å². The van der Waals surface area contributed by atoms with E-state index in [1.54, 1.807) is 0 Å². The van der Waals surface area contributed by atoms with Crippen LogP contribution in [-0.4, -0.2) is 37.6 Å². The smallest absolute Gasteiger partial charge is 0.0107 e. The second kappa shape index (κ2) is 7.64. The molecule has 0 spiro atoms. The Hall–Kier alpha value is -0.0800. The highest BCUT2D eigenvalue weighted by atomic mass is 15.1. The molecule has 0 aromatic heterocycles. The number of hydrogen-bond donors (Lipinski definition) is 1. The molecule has 0 aromatic carbocycles. The lowest BCUT2D eigenvalue weighted by Crippen LogP contribution is -2.42. The zero-order valence-corrected chi connectivity index (χ0v) is 13.2. The number of nitrogens with one attached hydrogen (secondary N) is 1. The van der Waals surface area contributed by atoms with Gasteiger partial charge >= 0.3 is 0 Å². The molecule has 2 fully saturated rings. The molecule has 1 N–H and O–H groups in total. The van der Waals surface area contributed by atoms with Gasteiger partial charge in [-0.2, -0.15) is 0 Å². The van der Waals surface area contributed by atoms with Gasteiger partial charge in [-0.05, 0) is 56.7 Å². The molecule has 2 heteroatoms. The summed E-state index contributed by atoms with van der Waals surface area (Å²) < 4.78 is 0. The lowest BCUT2D eigenvalue weighted by Gasteiger charge is -2.39. The second-order valence-electron chi connectivity index (χ2n) is 7.21. The Morgan fingerprint density at radius 3 is 2.42 bits per heavy atom. The molecule has 1 saturated carbocycles. The summed E-state index contributed by atoms with van der Waals surface area (Å²) in [5.41, 5.74) is 0.631. The number of nitrogens with zero attached hydrogens (tertiary/aromatic N) is 1. The highest BCUT2D eigenvalue weighted by Crippen LogP contribution is 2.33. The van der Waals surface area contributed by atoms with Crippen molar-refractivity contribution in [1.82, 2.24) is 10.2 Å². The maximum Gasteiger partial charge on any atom is 0.0107 e. The second-order valence-corrected chi connectivity index (χ2v) is 7.21. The van der Waals surface area contributed by atoms with Gasteiger partial charge in [-0.1, -0.05) is 39.5 Å². The maximum atomic E-state index is 3.70. The average Bonchev–Trinajstić information content (AvgIpc) is 2.47. The molecular weight excluding hydrogens is 232 g/mol. The summed E-state index contributed by atoms with van der Waals surface area (Å²) in [7, 11) is 0. The Morgan fingerprint density at radius 2 is 1.79 bits per heavy atom. The van der Waals surface area contributed by atoms with Gasteiger partial charge in [0.05, 0.1) is 0 Å². The van der Waals surface area contributed by atoms with Gasteiger partial charge in [0.25, 0.3) is 0 Å². The minimum absolute atomic E-state index is 0.631. The molecule has 1 heterocycles. The van der Waals surface area contributed by atoms with Crippen LogP contribution in [0.4, 0.5) is 0 Å². The van der Waals surface area contributed by atoms with E-state index in [4.69, 9.17) is 0 Å². The Labute approximate surface area is 120 Å². The largest absolute Gasteiger partial charge is 0.315 e. The van der Waals surface area contributed by atoms with E-state index in [1.165, 1.54) is 84.1 Å². The van der Waals surface area contributed by atoms with Gasteiger partial charge in [0.1, 0.15) is 0 Å². The Bertz CT molecular complexity index is 238. The third-order valence-corrected chi connectivity index (χ3v) is 5.68. The molecule has 0 atom stereocenters. The summed E-state index contributed by atoms with van der Waals surface area (Å²) in [5, 5.41) is 3.70. The molecule has 0 unspecified atom stereocenters. The van der Waals surface area contributed by atoms with Crippen molar-refractivity contribution < 1.29 is 0 Å². The van der Waals surface area contributed by atoms with Crippen molar-refractivity contribution in [1.29, 1.82) is 0 Å². The van der Waals surface area contributed by atoms with Crippen molar-refractivity contribution >= 4 is 0 Å². The monoisotopic (exact) mass is 266 g/mol. The fraction of sp³-hybridized carbons (Fsp3) is 1.00. The first-order valence-electron chi connectivity index (χ1n) is 8.65. The standard InChI is InChI=1S/C17H34N2/c1-3-17(2)9-12-19(13-10-17)14-11-18-15-16-7-5-4-6-8-16/h16,18H,3-15H2,1-2H3. The van der Waals surface area contributed by atoms with Gasteiger partial charge in [-0.15, -0.1) is 0 Å². The normalized spacial score (nSPS) is 25.6. The average molecular weight is 266 g/mol. The number of likely N-dealkylation sites (tertiary alicyclic amines) is 1. The molecule has 0 bridgehead atoms. The molecular formula is C17H34N2. The van der Waals surface area contributed by atoms with Crippen molar-refractivity contribution in [2.45, 2.75) is 65.2 Å². The summed E-state index contributed by atoms with van der Waals surface area (Å²) in [4.78, 5) is 2.66. The first kappa shape index (κ1) is 15.3. The zero-order valence-electron chi connectivity index (χ0n) is 13.2. The van der Waals surface area contributed by atoms with Gasteiger partial charge in [0, 0.05) is 13.1 Å². The minimum Gasteiger partial charge on any atom is -0.315 e. The van der Waals surface area contributed by atoms with Crippen molar-refractivity contribution in [3.63, 3.8) is 0 Å². The fourth-order valence-corrected chi connectivity index (χ4v) is 3.60. The summed E-state index contributed by atoms with van der Waals surface area (Å²) in [6.07, 6.45) is 11.5. The molecule has 1 aliphatic carbocycles. The summed E-state index contributed by atoms with van der Waals surface area (Å²) in [6, 6.07) is 0. The van der Waals surface area contributed by atoms with Crippen LogP contribution >= 0.6 is 0 Å². The van der Waals surface area contributed by atoms with Crippen LogP contribution in [0.25, 0.3) is 0 Å². The summed E-state index contributed by atoms with van der Waals surface area (Å²) >= 11 is 0. The topological polar surface area (TPSA) is 15.3 Å². The molecule has 0 aromatic rings. The quantitative estimate of drug-likeness (QED) is 0.738. The van der Waals surface area contributed by atoms with Crippen LogP contribution in [0, 0.1) is 11.3 Å². The minimum atomic E-state index is 0.631. The van der Waals surface area contributed by atoms with Crippen molar-refractivity contribution in [2.75, 3.05) is 32.7 Å². The van der Waals surface area contributed by atoms with Gasteiger partial charge in [0.15, 0.2) is 0 Å². The fourth-order valence-electron chi connectivity index (χ4n) is 3.60. The SMILES string of the molecule is CCC1(C)CCN(CCNCC2CCCCC2)CC1. The van der Waals surface area contributed by atoms with Crippen molar-refractivity contribution in [2.24, 2.45) is 11.3 Å². The first-order chi connectivity index (χ1) is 9.22. The van der Waals surface area contributed by atoms with E-state index in [-0.39, 0.29) is 0 Å². The van der Waals surface area contributed by atoms with Crippen LogP contribution in [-0.2, 0) is 0 Å². The molecule has 2 rings (SSSR count). The van der Waals surface area contributed by atoms with Gasteiger partial charge in [-0.25, -0.2) is 0 Å². The predicted octanol–water partition coefficient (Wildman–Crippen LogP) is 3.67. The maximum absolute atomic E-state index is 3.70. The van der Waals surface area contributed by atoms with Crippen LogP contribution < -0.4 is 5.32 Å². The molecule has 19 heavy (non-hydrogen) atoms. The molecule has 2 aliphatic rings. The Morgan fingerprint density at radius 1 is 1.11 bits per heavy atom. The third kappa shape index (κ3) is 5.07. The summed E-state index contributed by atoms with van der Waals surface area (Å²) in [6.45, 7) is 11.2. The highest BCUT2D eigenvalue weighted by molar-refractivity contribution is 4.81. The molecule has 1 aliphatic heterocycles. The molecule has 0 radical (unpaired) electrons. The molecule has 0 amide bonds. The van der Waals surface area contributed by atoms with Gasteiger partial charge in [0.2, 0.25) is 0 Å². The van der Waals surface area contributed by atoms with Crippen molar-refractivity contribution in [3.05, 3.63) is 0 Å². The highest BCUT2D eigenvalue weighted by Gasteiger charge is 2.27. The van der Waals surface area contributed by atoms with Crippen LogP contribution in [0.5, 0.6) is 0 Å². The summed E-state index contributed by atoms with van der Waals surface area (Å²) in [5.74, 6) is 0.971. The van der Waals surface area contributed by atoms with Crippen LogP contribution in [0.1, 0.15) is 65.2 Å². The van der Waals surface area contributed by atoms with Crippen LogP contribution in [0.2, 0.25) is 0 Å². The zero-order chi connectivity index (χ0) is 13.6. The van der Waals surface area contributed by atoms with E-state index >= 15 is 0 Å². The Kier molecular flexibility index (Phi) is 6.15. The van der Waals surface area contributed by atoms with Gasteiger partial charge in [-0.3, -0.25) is 0 Å². The molecule has 1 saturated heterocycles. The predicted molar refractivity (Wildman–Crippen MR) is 83.5 cm³/mol. The van der Waals surface area contributed by atoms with E-state index < -0.39 is 0 Å². The number of hydrogen-bond acceptors (Lipinski definition) is 2. The van der Waals surface area contributed by atoms with E-state index in [0.717, 1.165) is 5.92 Å². The first-order valence-corrected chi connectivity index (χ1v) is 8.65. The van der Waals surface area contributed by atoms with E-state index in [2.05, 4.69) is 24.1 Å². The number of piperidine rings is 1.